The van der Waals surface area contributed by atoms with Crippen LogP contribution in [0.15, 0.2) is 41.4 Å². The van der Waals surface area contributed by atoms with Gasteiger partial charge in [0.15, 0.2) is 17.3 Å². The van der Waals surface area contributed by atoms with E-state index in [9.17, 15) is 0 Å². The van der Waals surface area contributed by atoms with Crippen molar-refractivity contribution in [3.8, 4) is 28.7 Å². The molecule has 0 spiro atoms. The average molecular weight is 331 g/mol. The molecule has 0 bridgehead atoms. The first-order chi connectivity index (χ1) is 12.4. The monoisotopic (exact) mass is 331 g/mol. The molecule has 1 aromatic carbocycles. The summed E-state index contributed by atoms with van der Waals surface area (Å²) in [5.41, 5.74) is 3.74. The van der Waals surface area contributed by atoms with Gasteiger partial charge in [-0.15, -0.1) is 10.2 Å². The fourth-order valence-corrected chi connectivity index (χ4v) is 3.36. The summed E-state index contributed by atoms with van der Waals surface area (Å²) >= 11 is 0. The quantitative estimate of drug-likeness (QED) is 0.494. The Kier molecular flexibility index (Phi) is 2.41. The van der Waals surface area contributed by atoms with Crippen LogP contribution in [0.1, 0.15) is 30.3 Å². The second kappa shape index (κ2) is 4.62. The minimum absolute atomic E-state index is 0.448. The van der Waals surface area contributed by atoms with Crippen LogP contribution in [0.2, 0.25) is 0 Å². The molecule has 0 amide bonds. The highest BCUT2D eigenvalue weighted by atomic mass is 16.5. The van der Waals surface area contributed by atoms with Gasteiger partial charge in [-0.25, -0.2) is 4.98 Å². The van der Waals surface area contributed by atoms with E-state index in [0.717, 1.165) is 47.1 Å². The maximum absolute atomic E-state index is 5.50. The predicted octanol–water partition coefficient (Wildman–Crippen LogP) is 2.42. The lowest BCUT2D eigenvalue weighted by Gasteiger charge is -2.07. The molecule has 1 fully saturated rings. The highest BCUT2D eigenvalue weighted by molar-refractivity contribution is 5.70. The van der Waals surface area contributed by atoms with E-state index in [0.29, 0.717) is 18.4 Å². The molecule has 8 nitrogen and oxygen atoms in total. The van der Waals surface area contributed by atoms with Crippen molar-refractivity contribution in [1.29, 1.82) is 0 Å². The lowest BCUT2D eigenvalue weighted by atomic mass is 10.1. The molecule has 0 atom stereocenters. The van der Waals surface area contributed by atoms with Crippen molar-refractivity contribution in [3.05, 3.63) is 48.4 Å². The van der Waals surface area contributed by atoms with Crippen LogP contribution in [0.4, 0.5) is 0 Å². The Morgan fingerprint density at radius 2 is 2.04 bits per heavy atom. The minimum atomic E-state index is 0.448. The van der Waals surface area contributed by atoms with Crippen molar-refractivity contribution in [2.24, 2.45) is 0 Å². The number of aromatic nitrogens is 7. The Bertz CT molecular complexity index is 1100. The first-order valence-corrected chi connectivity index (χ1v) is 8.26. The molecule has 8 heteroatoms. The molecule has 0 radical (unpaired) electrons. The van der Waals surface area contributed by atoms with Crippen LogP contribution in [0.25, 0.3) is 28.7 Å². The summed E-state index contributed by atoms with van der Waals surface area (Å²) in [4.78, 5) is 9.13. The van der Waals surface area contributed by atoms with Crippen molar-refractivity contribution in [1.82, 2.24) is 34.5 Å². The van der Waals surface area contributed by atoms with Gasteiger partial charge in [0, 0.05) is 11.5 Å². The molecule has 0 saturated heterocycles. The summed E-state index contributed by atoms with van der Waals surface area (Å²) in [6.07, 6.45) is 5.82. The maximum atomic E-state index is 5.50. The molecule has 1 aliphatic heterocycles. The zero-order valence-corrected chi connectivity index (χ0v) is 13.2. The third-order valence-corrected chi connectivity index (χ3v) is 4.79. The number of hydrogen-bond donors (Lipinski definition) is 0. The van der Waals surface area contributed by atoms with E-state index < -0.39 is 0 Å². The molecular formula is C17H13N7O. The van der Waals surface area contributed by atoms with Gasteiger partial charge in [-0.3, -0.25) is 4.57 Å². The van der Waals surface area contributed by atoms with Crippen LogP contribution < -0.4 is 0 Å². The minimum Gasteiger partial charge on any atom is -0.332 e. The van der Waals surface area contributed by atoms with Crippen molar-refractivity contribution in [2.75, 3.05) is 0 Å². The summed E-state index contributed by atoms with van der Waals surface area (Å²) < 4.78 is 9.58. The van der Waals surface area contributed by atoms with Gasteiger partial charge in [-0.2, -0.15) is 4.98 Å². The van der Waals surface area contributed by atoms with E-state index in [1.54, 1.807) is 6.33 Å². The van der Waals surface area contributed by atoms with Gasteiger partial charge in [0.2, 0.25) is 0 Å². The number of hydrogen-bond acceptors (Lipinski definition) is 6. The molecule has 0 N–H and O–H groups in total. The Morgan fingerprint density at radius 3 is 2.96 bits per heavy atom. The molecule has 1 aliphatic carbocycles. The SMILES string of the molecule is c1ccc2c(c1)-c1nncn1Cc1c(-c3nc(C4CC4)no3)ncn1-2. The van der Waals surface area contributed by atoms with Crippen molar-refractivity contribution in [3.63, 3.8) is 0 Å². The van der Waals surface area contributed by atoms with Gasteiger partial charge in [-0.05, 0) is 25.0 Å². The zero-order chi connectivity index (χ0) is 16.4. The number of para-hydroxylation sites is 1. The molecule has 25 heavy (non-hydrogen) atoms. The van der Waals surface area contributed by atoms with Crippen LogP contribution >= 0.6 is 0 Å². The predicted molar refractivity (Wildman–Crippen MR) is 86.9 cm³/mol. The summed E-state index contributed by atoms with van der Waals surface area (Å²) in [5, 5.41) is 12.5. The van der Waals surface area contributed by atoms with Gasteiger partial charge in [0.05, 0.1) is 17.9 Å². The van der Waals surface area contributed by atoms with E-state index in [-0.39, 0.29) is 0 Å². The Labute approximate surface area is 142 Å². The van der Waals surface area contributed by atoms with Crippen LogP contribution in [0.3, 0.4) is 0 Å². The molecule has 4 aromatic rings. The number of rotatable bonds is 2. The van der Waals surface area contributed by atoms with Gasteiger partial charge < -0.3 is 9.09 Å². The van der Waals surface area contributed by atoms with E-state index in [2.05, 4.69) is 36.0 Å². The molecular weight excluding hydrogens is 318 g/mol. The topological polar surface area (TPSA) is 87.4 Å². The number of benzene rings is 1. The standard InChI is InChI=1S/C17H13N7O/c1-2-4-12-11(3-1)16-21-19-9-23(16)7-13-14(18-8-24(12)13)17-20-15(22-25-17)10-5-6-10/h1-4,8-10H,5-7H2. The summed E-state index contributed by atoms with van der Waals surface area (Å²) in [6, 6.07) is 8.10. The Balaban J connectivity index is 1.57. The Morgan fingerprint density at radius 1 is 1.12 bits per heavy atom. The third-order valence-electron chi connectivity index (χ3n) is 4.79. The first kappa shape index (κ1) is 13.1. The van der Waals surface area contributed by atoms with Crippen molar-refractivity contribution >= 4 is 0 Å². The summed E-state index contributed by atoms with van der Waals surface area (Å²) in [6.45, 7) is 0.591. The van der Waals surface area contributed by atoms with E-state index in [1.165, 1.54) is 0 Å². The molecule has 0 unspecified atom stereocenters. The number of imidazole rings is 1. The van der Waals surface area contributed by atoms with Gasteiger partial charge >= 0.3 is 0 Å². The van der Waals surface area contributed by atoms with E-state index in [1.807, 2.05) is 29.1 Å². The second-order valence-corrected chi connectivity index (χ2v) is 6.44. The summed E-state index contributed by atoms with van der Waals surface area (Å²) in [7, 11) is 0. The molecule has 3 aromatic heterocycles. The normalized spacial score (nSPS) is 15.4. The van der Waals surface area contributed by atoms with Crippen molar-refractivity contribution in [2.45, 2.75) is 25.3 Å². The van der Waals surface area contributed by atoms with Crippen LogP contribution in [-0.4, -0.2) is 34.5 Å². The van der Waals surface area contributed by atoms with E-state index in [4.69, 9.17) is 4.52 Å². The van der Waals surface area contributed by atoms with Crippen molar-refractivity contribution < 1.29 is 4.52 Å². The van der Waals surface area contributed by atoms with Crippen LogP contribution in [0.5, 0.6) is 0 Å². The maximum Gasteiger partial charge on any atom is 0.278 e. The highest BCUT2D eigenvalue weighted by Crippen LogP contribution is 2.39. The van der Waals surface area contributed by atoms with Crippen LogP contribution in [0, 0.1) is 0 Å². The molecule has 122 valence electrons. The van der Waals surface area contributed by atoms with Crippen LogP contribution in [-0.2, 0) is 6.54 Å². The molecule has 4 heterocycles. The fraction of sp³-hybridized carbons (Fsp3) is 0.235. The van der Waals surface area contributed by atoms with Gasteiger partial charge in [0.25, 0.3) is 5.89 Å². The zero-order valence-electron chi connectivity index (χ0n) is 13.2. The highest BCUT2D eigenvalue weighted by Gasteiger charge is 2.31. The lowest BCUT2D eigenvalue weighted by Crippen LogP contribution is -2.03. The molecule has 2 aliphatic rings. The average Bonchev–Trinajstić information content (AvgIpc) is 3.07. The van der Waals surface area contributed by atoms with Gasteiger partial charge in [-0.1, -0.05) is 17.3 Å². The molecule has 1 saturated carbocycles. The summed E-state index contributed by atoms with van der Waals surface area (Å²) in [5.74, 6) is 2.55. The largest absolute Gasteiger partial charge is 0.332 e. The fourth-order valence-electron chi connectivity index (χ4n) is 3.36. The Hall–Kier alpha value is -3.29. The van der Waals surface area contributed by atoms with Gasteiger partial charge in [0.1, 0.15) is 12.7 Å². The second-order valence-electron chi connectivity index (χ2n) is 6.44. The molecule has 6 rings (SSSR count). The first-order valence-electron chi connectivity index (χ1n) is 8.26. The van der Waals surface area contributed by atoms with E-state index >= 15 is 0 Å². The third kappa shape index (κ3) is 1.84. The smallest absolute Gasteiger partial charge is 0.278 e. The number of fused-ring (bicyclic) bond motifs is 5. The lowest BCUT2D eigenvalue weighted by molar-refractivity contribution is 0.421. The number of nitrogens with zero attached hydrogens (tertiary/aromatic N) is 7.